The van der Waals surface area contributed by atoms with Gasteiger partial charge in [-0.2, -0.15) is 0 Å². The normalized spacial score (nSPS) is 19.1. The largest absolute Gasteiger partial charge is 0.480 e. The van der Waals surface area contributed by atoms with Crippen molar-refractivity contribution in [1.29, 1.82) is 0 Å². The van der Waals surface area contributed by atoms with Crippen LogP contribution in [0.4, 0.5) is 5.69 Å². The van der Waals surface area contributed by atoms with Crippen molar-refractivity contribution >= 4 is 46.7 Å². The van der Waals surface area contributed by atoms with Crippen LogP contribution in [0.5, 0.6) is 0 Å². The molecule has 8 heteroatoms. The van der Waals surface area contributed by atoms with E-state index in [9.17, 15) is 14.4 Å². The molecule has 1 aliphatic heterocycles. The number of nitrogens with zero attached hydrogens (tertiary/aromatic N) is 1. The first-order valence-electron chi connectivity index (χ1n) is 6.61. The molecule has 0 radical (unpaired) electrons. The average molecular weight is 345 g/mol. The standard InChI is InChI=1S/C14H14Cl2N2O4/c1-7(14(21)22)17-12(19)9-4-5-18(13(9)20)11-6-8(15)2-3-10(11)16/h2-3,6-7,9H,4-5H2,1H3,(H,17,19)(H,21,22). The zero-order valence-electron chi connectivity index (χ0n) is 11.7. The zero-order chi connectivity index (χ0) is 16.4. The molecule has 2 amide bonds. The second kappa shape index (κ2) is 6.54. The van der Waals surface area contributed by atoms with Gasteiger partial charge in [-0.15, -0.1) is 0 Å². The lowest BCUT2D eigenvalue weighted by Crippen LogP contribution is -2.44. The molecule has 2 N–H and O–H groups in total. The number of nitrogens with one attached hydrogen (secondary N) is 1. The molecule has 1 heterocycles. The summed E-state index contributed by atoms with van der Waals surface area (Å²) in [5.74, 6) is -3.09. The van der Waals surface area contributed by atoms with E-state index >= 15 is 0 Å². The van der Waals surface area contributed by atoms with E-state index in [-0.39, 0.29) is 0 Å². The SMILES string of the molecule is CC(NC(=O)C1CCN(c2cc(Cl)ccc2Cl)C1=O)C(=O)O. The maximum atomic E-state index is 12.4. The molecular formula is C14H14Cl2N2O4. The molecule has 1 saturated heterocycles. The number of carboxylic acid groups (broad SMARTS) is 1. The minimum absolute atomic E-state index is 0.292. The maximum Gasteiger partial charge on any atom is 0.325 e. The van der Waals surface area contributed by atoms with Gasteiger partial charge in [-0.3, -0.25) is 14.4 Å². The number of carbonyl (C=O) groups is 3. The van der Waals surface area contributed by atoms with Crippen LogP contribution in [-0.2, 0) is 14.4 Å². The molecule has 0 aromatic heterocycles. The topological polar surface area (TPSA) is 86.7 Å². The molecule has 1 aromatic rings. The monoisotopic (exact) mass is 344 g/mol. The fraction of sp³-hybridized carbons (Fsp3) is 0.357. The van der Waals surface area contributed by atoms with Gasteiger partial charge in [-0.1, -0.05) is 23.2 Å². The number of amides is 2. The summed E-state index contributed by atoms with van der Waals surface area (Å²) < 4.78 is 0. The summed E-state index contributed by atoms with van der Waals surface area (Å²) >= 11 is 12.0. The fourth-order valence-electron chi connectivity index (χ4n) is 2.23. The second-order valence-corrected chi connectivity index (χ2v) is 5.84. The van der Waals surface area contributed by atoms with Crippen LogP contribution in [0.15, 0.2) is 18.2 Å². The summed E-state index contributed by atoms with van der Waals surface area (Å²) in [5, 5.41) is 11.9. The third-order valence-electron chi connectivity index (χ3n) is 3.45. The highest BCUT2D eigenvalue weighted by Crippen LogP contribution is 2.33. The van der Waals surface area contributed by atoms with E-state index in [4.69, 9.17) is 28.3 Å². The summed E-state index contributed by atoms with van der Waals surface area (Å²) in [6, 6.07) is 3.69. The van der Waals surface area contributed by atoms with Gasteiger partial charge >= 0.3 is 5.97 Å². The Morgan fingerprint density at radius 2 is 2.09 bits per heavy atom. The number of aliphatic carboxylic acids is 1. The van der Waals surface area contributed by atoms with E-state index < -0.39 is 29.7 Å². The molecule has 118 valence electrons. The molecule has 2 unspecified atom stereocenters. The molecule has 0 bridgehead atoms. The summed E-state index contributed by atoms with van der Waals surface area (Å²) in [7, 11) is 0. The van der Waals surface area contributed by atoms with Crippen molar-refractivity contribution in [1.82, 2.24) is 5.32 Å². The number of anilines is 1. The first-order valence-corrected chi connectivity index (χ1v) is 7.36. The van der Waals surface area contributed by atoms with Crippen molar-refractivity contribution in [2.24, 2.45) is 5.92 Å². The second-order valence-electron chi connectivity index (χ2n) is 5.00. The lowest BCUT2D eigenvalue weighted by Gasteiger charge is -2.19. The van der Waals surface area contributed by atoms with Gasteiger partial charge in [0.1, 0.15) is 12.0 Å². The Bertz CT molecular complexity index is 635. The van der Waals surface area contributed by atoms with Crippen molar-refractivity contribution in [3.63, 3.8) is 0 Å². The van der Waals surface area contributed by atoms with Gasteiger partial charge in [-0.25, -0.2) is 0 Å². The minimum atomic E-state index is -1.16. The number of hydrogen-bond donors (Lipinski definition) is 2. The molecule has 2 rings (SSSR count). The van der Waals surface area contributed by atoms with Gasteiger partial charge in [0.15, 0.2) is 0 Å². The van der Waals surface area contributed by atoms with Crippen molar-refractivity contribution < 1.29 is 19.5 Å². The van der Waals surface area contributed by atoms with Crippen LogP contribution in [0.1, 0.15) is 13.3 Å². The van der Waals surface area contributed by atoms with Crippen LogP contribution in [-0.4, -0.2) is 35.5 Å². The maximum absolute atomic E-state index is 12.4. The number of rotatable bonds is 4. The average Bonchev–Trinajstić information content (AvgIpc) is 2.83. The van der Waals surface area contributed by atoms with Crippen molar-refractivity contribution in [2.45, 2.75) is 19.4 Å². The molecule has 0 spiro atoms. The Labute approximate surface area is 137 Å². The smallest absolute Gasteiger partial charge is 0.325 e. The molecule has 1 fully saturated rings. The first kappa shape index (κ1) is 16.6. The summed E-state index contributed by atoms with van der Waals surface area (Å²) in [4.78, 5) is 36.5. The van der Waals surface area contributed by atoms with Crippen molar-refractivity contribution in [2.75, 3.05) is 11.4 Å². The van der Waals surface area contributed by atoms with E-state index in [1.54, 1.807) is 18.2 Å². The van der Waals surface area contributed by atoms with Gasteiger partial charge in [0.05, 0.1) is 10.7 Å². The molecule has 6 nitrogen and oxygen atoms in total. The molecule has 22 heavy (non-hydrogen) atoms. The number of carbonyl (C=O) groups excluding carboxylic acids is 2. The van der Waals surface area contributed by atoms with Gasteiger partial charge in [-0.05, 0) is 31.5 Å². The number of carboxylic acids is 1. The van der Waals surface area contributed by atoms with Crippen LogP contribution in [0, 0.1) is 5.92 Å². The summed E-state index contributed by atoms with van der Waals surface area (Å²) in [6.45, 7) is 1.66. The van der Waals surface area contributed by atoms with Gasteiger partial charge < -0.3 is 15.3 Å². The highest BCUT2D eigenvalue weighted by Gasteiger charge is 2.39. The first-order chi connectivity index (χ1) is 10.3. The number of benzene rings is 1. The predicted octanol–water partition coefficient (Wildman–Crippen LogP) is 1.94. The van der Waals surface area contributed by atoms with Crippen molar-refractivity contribution in [3.05, 3.63) is 28.2 Å². The molecule has 0 saturated carbocycles. The molecule has 1 aliphatic rings. The third-order valence-corrected chi connectivity index (χ3v) is 4.00. The Morgan fingerprint density at radius 3 is 2.73 bits per heavy atom. The van der Waals surface area contributed by atoms with E-state index in [2.05, 4.69) is 5.32 Å². The Kier molecular flexibility index (Phi) is 4.93. The van der Waals surface area contributed by atoms with Crippen LogP contribution >= 0.6 is 23.2 Å². The van der Waals surface area contributed by atoms with Gasteiger partial charge in [0.2, 0.25) is 11.8 Å². The lowest BCUT2D eigenvalue weighted by molar-refractivity contribution is -0.143. The van der Waals surface area contributed by atoms with Gasteiger partial charge in [0.25, 0.3) is 0 Å². The fourth-order valence-corrected chi connectivity index (χ4v) is 2.62. The minimum Gasteiger partial charge on any atom is -0.480 e. The number of halogens is 2. The van der Waals surface area contributed by atoms with Crippen LogP contribution < -0.4 is 10.2 Å². The molecule has 1 aromatic carbocycles. The summed E-state index contributed by atoms with van der Waals surface area (Å²) in [6.07, 6.45) is 0.292. The highest BCUT2D eigenvalue weighted by atomic mass is 35.5. The van der Waals surface area contributed by atoms with E-state index in [0.29, 0.717) is 28.7 Å². The number of hydrogen-bond acceptors (Lipinski definition) is 3. The van der Waals surface area contributed by atoms with E-state index in [1.807, 2.05) is 0 Å². The van der Waals surface area contributed by atoms with Crippen molar-refractivity contribution in [3.8, 4) is 0 Å². The van der Waals surface area contributed by atoms with E-state index in [1.165, 1.54) is 11.8 Å². The Morgan fingerprint density at radius 1 is 1.41 bits per heavy atom. The highest BCUT2D eigenvalue weighted by molar-refractivity contribution is 6.36. The quantitative estimate of drug-likeness (QED) is 0.817. The third kappa shape index (κ3) is 3.34. The van der Waals surface area contributed by atoms with Crippen LogP contribution in [0.25, 0.3) is 0 Å². The lowest BCUT2D eigenvalue weighted by atomic mass is 10.1. The summed E-state index contributed by atoms with van der Waals surface area (Å²) in [5.41, 5.74) is 0.445. The van der Waals surface area contributed by atoms with E-state index in [0.717, 1.165) is 0 Å². The zero-order valence-corrected chi connectivity index (χ0v) is 13.2. The van der Waals surface area contributed by atoms with Gasteiger partial charge in [0, 0.05) is 11.6 Å². The van der Waals surface area contributed by atoms with Crippen LogP contribution in [0.3, 0.4) is 0 Å². The van der Waals surface area contributed by atoms with Crippen LogP contribution in [0.2, 0.25) is 10.0 Å². The predicted molar refractivity (Wildman–Crippen MR) is 82.2 cm³/mol. The molecule has 0 aliphatic carbocycles. The Hall–Kier alpha value is -1.79. The molecule has 2 atom stereocenters. The Balaban J connectivity index is 2.14. The molecular weight excluding hydrogens is 331 g/mol.